The van der Waals surface area contributed by atoms with Gasteiger partial charge in [0, 0.05) is 11.3 Å². The zero-order valence-electron chi connectivity index (χ0n) is 16.4. The molecule has 0 unspecified atom stereocenters. The van der Waals surface area contributed by atoms with Crippen LogP contribution in [0.4, 0.5) is 11.5 Å². The molecule has 7 nitrogen and oxygen atoms in total. The van der Waals surface area contributed by atoms with Crippen LogP contribution in [0.1, 0.15) is 27.0 Å². The van der Waals surface area contributed by atoms with E-state index in [-0.39, 0.29) is 11.5 Å². The van der Waals surface area contributed by atoms with E-state index >= 15 is 0 Å². The molecule has 3 aromatic rings. The molecule has 150 valence electrons. The Hall–Kier alpha value is -3.26. The zero-order valence-corrected chi connectivity index (χ0v) is 17.2. The van der Waals surface area contributed by atoms with E-state index < -0.39 is 11.5 Å². The Kier molecular flexibility index (Phi) is 6.23. The van der Waals surface area contributed by atoms with E-state index in [4.69, 9.17) is 10.5 Å². The molecule has 3 rings (SSSR count). The first-order valence-electron chi connectivity index (χ1n) is 8.91. The number of hydrogen-bond acceptors (Lipinski definition) is 6. The fraction of sp³-hybridized carbons (Fsp3) is 0.190. The lowest BCUT2D eigenvalue weighted by molar-refractivity contribution is 0.102. The number of nitrogens with one attached hydrogen (secondary N) is 2. The molecular weight excluding hydrogens is 388 g/mol. The molecule has 0 fully saturated rings. The summed E-state index contributed by atoms with van der Waals surface area (Å²) < 4.78 is 5.07. The summed E-state index contributed by atoms with van der Waals surface area (Å²) in [5, 5.41) is 2.93. The summed E-state index contributed by atoms with van der Waals surface area (Å²) in [6, 6.07) is 12.7. The molecule has 0 bridgehead atoms. The van der Waals surface area contributed by atoms with Gasteiger partial charge in [0.05, 0.1) is 7.11 Å². The summed E-state index contributed by atoms with van der Waals surface area (Å²) in [7, 11) is 1.54. The summed E-state index contributed by atoms with van der Waals surface area (Å²) in [6.07, 6.45) is 0. The number of aromatic nitrogens is 2. The van der Waals surface area contributed by atoms with Crippen molar-refractivity contribution in [1.29, 1.82) is 0 Å². The lowest BCUT2D eigenvalue weighted by Crippen LogP contribution is -2.23. The maximum Gasteiger partial charge on any atom is 0.277 e. The van der Waals surface area contributed by atoms with E-state index in [1.165, 1.54) is 22.9 Å². The molecule has 0 atom stereocenters. The van der Waals surface area contributed by atoms with Gasteiger partial charge in [0.15, 0.2) is 11.0 Å². The average Bonchev–Trinajstić information content (AvgIpc) is 2.71. The molecule has 1 aromatic heterocycles. The Morgan fingerprint density at radius 1 is 1.21 bits per heavy atom. The predicted molar refractivity (Wildman–Crippen MR) is 116 cm³/mol. The first-order valence-corrected chi connectivity index (χ1v) is 9.90. The van der Waals surface area contributed by atoms with Crippen molar-refractivity contribution < 1.29 is 9.53 Å². The first kappa shape index (κ1) is 20.5. The Morgan fingerprint density at radius 2 is 1.93 bits per heavy atom. The molecule has 4 N–H and O–H groups in total. The number of thioether (sulfide) groups is 1. The minimum atomic E-state index is -0.497. The minimum Gasteiger partial charge on any atom is -0.497 e. The maximum absolute atomic E-state index is 12.4. The van der Waals surface area contributed by atoms with Crippen LogP contribution in [-0.4, -0.2) is 23.0 Å². The fourth-order valence-corrected chi connectivity index (χ4v) is 3.62. The summed E-state index contributed by atoms with van der Waals surface area (Å²) in [5.41, 5.74) is 9.24. The minimum absolute atomic E-state index is 0.0286. The Bertz CT molecular complexity index is 1090. The van der Waals surface area contributed by atoms with Crippen LogP contribution in [0.5, 0.6) is 5.75 Å². The highest BCUT2D eigenvalue weighted by atomic mass is 32.2. The molecule has 0 aliphatic heterocycles. The van der Waals surface area contributed by atoms with Crippen LogP contribution >= 0.6 is 11.8 Å². The Balaban J connectivity index is 1.74. The lowest BCUT2D eigenvalue weighted by Gasteiger charge is -2.10. The first-order chi connectivity index (χ1) is 13.9. The van der Waals surface area contributed by atoms with Gasteiger partial charge >= 0.3 is 0 Å². The number of methoxy groups -OCH3 is 1. The number of carbonyl (C=O) groups excluding carboxylic acids is 1. The van der Waals surface area contributed by atoms with Crippen molar-refractivity contribution in [3.63, 3.8) is 0 Å². The second-order valence-corrected chi connectivity index (χ2v) is 7.50. The number of nitrogens with two attached hydrogens (primary N) is 1. The van der Waals surface area contributed by atoms with Crippen molar-refractivity contribution in [2.24, 2.45) is 0 Å². The standard InChI is InChI=1S/C21H22N4O3S/c1-12-4-5-13(2)15(10-12)11-29-21-24-18(22)17(20(27)25-21)23-19(26)14-6-8-16(28-3)9-7-14/h4-10H,11H2,1-3H3,(H,23,26)(H3,22,24,25,27). The van der Waals surface area contributed by atoms with Gasteiger partial charge in [-0.05, 0) is 49.2 Å². The summed E-state index contributed by atoms with van der Waals surface area (Å²) in [6.45, 7) is 4.07. The van der Waals surface area contributed by atoms with Crippen molar-refractivity contribution in [2.75, 3.05) is 18.2 Å². The summed E-state index contributed by atoms with van der Waals surface area (Å²) in [5.74, 6) is 0.792. The van der Waals surface area contributed by atoms with Crippen molar-refractivity contribution in [1.82, 2.24) is 9.97 Å². The van der Waals surface area contributed by atoms with Gasteiger partial charge in [-0.3, -0.25) is 14.6 Å². The third-order valence-electron chi connectivity index (χ3n) is 4.39. The topological polar surface area (TPSA) is 110 Å². The normalized spacial score (nSPS) is 10.6. The highest BCUT2D eigenvalue weighted by Gasteiger charge is 2.14. The third-order valence-corrected chi connectivity index (χ3v) is 5.31. The van der Waals surface area contributed by atoms with Crippen LogP contribution in [0.15, 0.2) is 52.4 Å². The molecule has 1 heterocycles. The van der Waals surface area contributed by atoms with E-state index in [1.807, 2.05) is 13.8 Å². The van der Waals surface area contributed by atoms with E-state index in [9.17, 15) is 9.59 Å². The number of nitrogens with zero attached hydrogens (tertiary/aromatic N) is 1. The molecule has 29 heavy (non-hydrogen) atoms. The van der Waals surface area contributed by atoms with Crippen LogP contribution in [0.3, 0.4) is 0 Å². The van der Waals surface area contributed by atoms with Crippen LogP contribution in [-0.2, 0) is 5.75 Å². The number of anilines is 2. The zero-order chi connectivity index (χ0) is 21.0. The van der Waals surface area contributed by atoms with Crippen molar-refractivity contribution in [3.8, 4) is 5.75 Å². The average molecular weight is 410 g/mol. The summed E-state index contributed by atoms with van der Waals surface area (Å²) >= 11 is 1.38. The van der Waals surface area contributed by atoms with Crippen LogP contribution in [0.25, 0.3) is 0 Å². The largest absolute Gasteiger partial charge is 0.497 e. The highest BCUT2D eigenvalue weighted by Crippen LogP contribution is 2.23. The van der Waals surface area contributed by atoms with Crippen molar-refractivity contribution in [2.45, 2.75) is 24.8 Å². The molecule has 1 amide bonds. The number of hydrogen-bond donors (Lipinski definition) is 3. The van der Waals surface area contributed by atoms with E-state index in [0.29, 0.717) is 22.2 Å². The van der Waals surface area contributed by atoms with Gasteiger partial charge in [-0.25, -0.2) is 4.98 Å². The number of carbonyl (C=O) groups is 1. The summed E-state index contributed by atoms with van der Waals surface area (Å²) in [4.78, 5) is 31.7. The van der Waals surface area contributed by atoms with Crippen LogP contribution in [0.2, 0.25) is 0 Å². The van der Waals surface area contributed by atoms with Crippen LogP contribution in [0, 0.1) is 13.8 Å². The molecule has 0 radical (unpaired) electrons. The SMILES string of the molecule is COc1ccc(C(=O)Nc2c(N)nc(SCc3cc(C)ccc3C)[nH]c2=O)cc1. The second-order valence-electron chi connectivity index (χ2n) is 6.53. The van der Waals surface area contributed by atoms with Gasteiger partial charge < -0.3 is 15.8 Å². The maximum atomic E-state index is 12.4. The number of aromatic amines is 1. The molecule has 0 saturated heterocycles. The number of benzene rings is 2. The number of nitrogen functional groups attached to an aromatic ring is 1. The second kappa shape index (κ2) is 8.83. The van der Waals surface area contributed by atoms with Gasteiger partial charge in [-0.15, -0.1) is 0 Å². The van der Waals surface area contributed by atoms with E-state index in [0.717, 1.165) is 5.56 Å². The highest BCUT2D eigenvalue weighted by molar-refractivity contribution is 7.98. The number of ether oxygens (including phenoxy) is 1. The molecule has 0 spiro atoms. The van der Waals surface area contributed by atoms with Gasteiger partial charge in [0.1, 0.15) is 11.4 Å². The van der Waals surface area contributed by atoms with Gasteiger partial charge in [0.25, 0.3) is 11.5 Å². The van der Waals surface area contributed by atoms with Gasteiger partial charge in [0.2, 0.25) is 0 Å². The Labute approximate surface area is 172 Å². The van der Waals surface area contributed by atoms with Crippen LogP contribution < -0.4 is 21.3 Å². The monoisotopic (exact) mass is 410 g/mol. The fourth-order valence-electron chi connectivity index (χ4n) is 2.69. The predicted octanol–water partition coefficient (Wildman–Crippen LogP) is 3.52. The molecule has 8 heteroatoms. The smallest absolute Gasteiger partial charge is 0.277 e. The molecule has 2 aromatic carbocycles. The van der Waals surface area contributed by atoms with Crippen molar-refractivity contribution in [3.05, 3.63) is 75.1 Å². The number of rotatable bonds is 6. The molecular formula is C21H22N4O3S. The number of H-pyrrole nitrogens is 1. The van der Waals surface area contributed by atoms with Gasteiger partial charge in [-0.2, -0.15) is 0 Å². The number of amides is 1. The quantitative estimate of drug-likeness (QED) is 0.424. The molecule has 0 saturated carbocycles. The van der Waals surface area contributed by atoms with Crippen molar-refractivity contribution >= 4 is 29.2 Å². The van der Waals surface area contributed by atoms with E-state index in [2.05, 4.69) is 33.5 Å². The third kappa shape index (κ3) is 4.97. The molecule has 0 aliphatic rings. The van der Waals surface area contributed by atoms with E-state index in [1.54, 1.807) is 31.4 Å². The lowest BCUT2D eigenvalue weighted by atomic mass is 10.1. The van der Waals surface area contributed by atoms with Gasteiger partial charge in [-0.1, -0.05) is 35.5 Å². The molecule has 0 aliphatic carbocycles. The number of aryl methyl sites for hydroxylation is 2. The Morgan fingerprint density at radius 3 is 2.59 bits per heavy atom.